The van der Waals surface area contributed by atoms with Crippen molar-refractivity contribution in [2.75, 3.05) is 13.2 Å². The first-order valence-electron chi connectivity index (χ1n) is 32.9. The number of carbonyl (C=O) groups is 3. The second-order valence-corrected chi connectivity index (χ2v) is 22.0. The molecule has 6 nitrogen and oxygen atoms in total. The number of unbranched alkanes of at least 4 members (excludes halogenated alkanes) is 37. The molecular weight excluding hydrogens is 937 g/mol. The Morgan fingerprint density at radius 3 is 0.816 bits per heavy atom. The average Bonchev–Trinajstić information content (AvgIpc) is 3.42. The topological polar surface area (TPSA) is 78.9 Å². The summed E-state index contributed by atoms with van der Waals surface area (Å²) in [5, 5.41) is 0. The first-order chi connectivity index (χ1) is 37.5. The number of hydrogen-bond acceptors (Lipinski definition) is 6. The first-order valence-corrected chi connectivity index (χ1v) is 32.9. The highest BCUT2D eigenvalue weighted by atomic mass is 16.6. The largest absolute Gasteiger partial charge is 0.462 e. The number of esters is 3. The van der Waals surface area contributed by atoms with Gasteiger partial charge in [-0.05, 0) is 109 Å². The van der Waals surface area contributed by atoms with E-state index in [0.717, 1.165) is 89.9 Å². The van der Waals surface area contributed by atoms with Crippen LogP contribution in [0.5, 0.6) is 0 Å². The molecule has 0 rings (SSSR count). The fraction of sp³-hybridized carbons (Fsp3) is 0.786. The van der Waals surface area contributed by atoms with Gasteiger partial charge in [-0.25, -0.2) is 0 Å². The maximum atomic E-state index is 12.9. The van der Waals surface area contributed by atoms with Gasteiger partial charge in [0.25, 0.3) is 0 Å². The Labute approximate surface area is 472 Å². The predicted molar refractivity (Wildman–Crippen MR) is 330 cm³/mol. The van der Waals surface area contributed by atoms with Gasteiger partial charge in [-0.2, -0.15) is 0 Å². The van der Waals surface area contributed by atoms with Gasteiger partial charge in [0.15, 0.2) is 6.10 Å². The first kappa shape index (κ1) is 72.8. The molecule has 0 heterocycles. The molecule has 0 saturated carbocycles. The summed E-state index contributed by atoms with van der Waals surface area (Å²) >= 11 is 0. The van der Waals surface area contributed by atoms with Crippen molar-refractivity contribution in [2.24, 2.45) is 0 Å². The summed E-state index contributed by atoms with van der Waals surface area (Å²) in [5.41, 5.74) is 0. The quantitative estimate of drug-likeness (QED) is 0.0261. The van der Waals surface area contributed by atoms with E-state index in [2.05, 4.69) is 93.7 Å². The highest BCUT2D eigenvalue weighted by Crippen LogP contribution is 2.16. The number of hydrogen-bond donors (Lipinski definition) is 0. The van der Waals surface area contributed by atoms with Gasteiger partial charge in [0.2, 0.25) is 0 Å². The molecule has 0 spiro atoms. The molecule has 6 heteroatoms. The Morgan fingerprint density at radius 2 is 0.513 bits per heavy atom. The van der Waals surface area contributed by atoms with Gasteiger partial charge in [-0.15, -0.1) is 0 Å². The van der Waals surface area contributed by atoms with E-state index in [1.807, 2.05) is 0 Å². The van der Waals surface area contributed by atoms with Crippen molar-refractivity contribution in [1.29, 1.82) is 0 Å². The molecule has 0 bridgehead atoms. The van der Waals surface area contributed by atoms with Gasteiger partial charge >= 0.3 is 17.9 Å². The van der Waals surface area contributed by atoms with E-state index in [9.17, 15) is 14.4 Å². The van der Waals surface area contributed by atoms with Crippen LogP contribution < -0.4 is 0 Å². The van der Waals surface area contributed by atoms with E-state index in [1.165, 1.54) is 205 Å². The maximum Gasteiger partial charge on any atom is 0.306 e. The van der Waals surface area contributed by atoms with E-state index >= 15 is 0 Å². The highest BCUT2D eigenvalue weighted by molar-refractivity contribution is 5.71. The molecule has 0 aromatic heterocycles. The van der Waals surface area contributed by atoms with Crippen LogP contribution in [0.25, 0.3) is 0 Å². The minimum absolute atomic E-state index is 0.0798. The lowest BCUT2D eigenvalue weighted by Gasteiger charge is -2.18. The summed E-state index contributed by atoms with van der Waals surface area (Å²) in [6.07, 6.45) is 83.3. The molecule has 76 heavy (non-hydrogen) atoms. The second kappa shape index (κ2) is 64.4. The van der Waals surface area contributed by atoms with Crippen LogP contribution >= 0.6 is 0 Å². The summed E-state index contributed by atoms with van der Waals surface area (Å²) in [5.74, 6) is -0.880. The van der Waals surface area contributed by atoms with E-state index in [-0.39, 0.29) is 31.1 Å². The van der Waals surface area contributed by atoms with Gasteiger partial charge in [-0.3, -0.25) is 14.4 Å². The molecule has 0 aliphatic rings. The van der Waals surface area contributed by atoms with Gasteiger partial charge in [0.05, 0.1) is 0 Å². The fourth-order valence-corrected chi connectivity index (χ4v) is 9.48. The van der Waals surface area contributed by atoms with E-state index < -0.39 is 6.10 Å². The zero-order chi connectivity index (χ0) is 55.0. The van der Waals surface area contributed by atoms with Crippen LogP contribution in [-0.2, 0) is 28.6 Å². The number of rotatable bonds is 60. The highest BCUT2D eigenvalue weighted by Gasteiger charge is 2.19. The molecule has 1 atom stereocenters. The standard InChI is InChI=1S/C70H124O6/c1-4-7-10-13-16-19-22-25-28-31-33-34-35-36-37-40-42-45-48-51-54-57-60-63-69(72)75-66-67(65-74-68(71)62-59-56-53-50-47-44-41-38-30-27-24-21-18-15-12-9-6-3)76-70(73)64-61-58-55-52-49-46-43-39-32-29-26-23-20-17-14-11-8-5-2/h9,12,18,21-22,25,27,29-33,67H,4-8,10-11,13-17,19-20,23-24,26,28,34-66H2,1-3H3/b12-9-,21-18-,25-22-,30-27-,32-29-,33-31-. The molecule has 0 saturated heterocycles. The number of ether oxygens (including phenoxy) is 3. The molecule has 0 aliphatic heterocycles. The normalized spacial score (nSPS) is 12.5. The van der Waals surface area contributed by atoms with E-state index in [0.29, 0.717) is 19.3 Å². The number of allylic oxidation sites excluding steroid dienone is 12. The van der Waals surface area contributed by atoms with Gasteiger partial charge in [0.1, 0.15) is 13.2 Å². The summed E-state index contributed by atoms with van der Waals surface area (Å²) in [4.78, 5) is 38.4. The van der Waals surface area contributed by atoms with Crippen molar-refractivity contribution < 1.29 is 28.6 Å². The van der Waals surface area contributed by atoms with Crippen LogP contribution in [0.3, 0.4) is 0 Å². The zero-order valence-electron chi connectivity index (χ0n) is 50.5. The minimum atomic E-state index is -0.784. The molecule has 1 unspecified atom stereocenters. The summed E-state index contributed by atoms with van der Waals surface area (Å²) in [6.45, 7) is 6.55. The molecule has 0 aromatic rings. The van der Waals surface area contributed by atoms with Gasteiger partial charge in [-0.1, -0.05) is 280 Å². The van der Waals surface area contributed by atoms with Crippen LogP contribution in [-0.4, -0.2) is 37.2 Å². The molecule has 0 aliphatic carbocycles. The van der Waals surface area contributed by atoms with Gasteiger partial charge < -0.3 is 14.2 Å². The third kappa shape index (κ3) is 61.7. The molecule has 0 fully saturated rings. The smallest absolute Gasteiger partial charge is 0.306 e. The Bertz CT molecular complexity index is 1400. The third-order valence-electron chi connectivity index (χ3n) is 14.4. The van der Waals surface area contributed by atoms with E-state index in [4.69, 9.17) is 14.2 Å². The van der Waals surface area contributed by atoms with Crippen molar-refractivity contribution in [2.45, 2.75) is 341 Å². The zero-order valence-corrected chi connectivity index (χ0v) is 50.5. The lowest BCUT2D eigenvalue weighted by molar-refractivity contribution is -0.167. The molecule has 440 valence electrons. The van der Waals surface area contributed by atoms with Crippen LogP contribution in [0.4, 0.5) is 0 Å². The van der Waals surface area contributed by atoms with Crippen LogP contribution in [0, 0.1) is 0 Å². The Balaban J connectivity index is 4.36. The van der Waals surface area contributed by atoms with Crippen LogP contribution in [0.1, 0.15) is 335 Å². The van der Waals surface area contributed by atoms with Crippen LogP contribution in [0.15, 0.2) is 72.9 Å². The molecular formula is C70H124O6. The second-order valence-electron chi connectivity index (χ2n) is 22.0. The lowest BCUT2D eigenvalue weighted by atomic mass is 10.0. The minimum Gasteiger partial charge on any atom is -0.462 e. The van der Waals surface area contributed by atoms with Crippen molar-refractivity contribution in [3.63, 3.8) is 0 Å². The SMILES string of the molecule is CC/C=C\C/C=C\C/C=C\CCCCCCCCCC(=O)OCC(COC(=O)CCCCCCCCCCCCC/C=C\C/C=C\CCCCCCC)OC(=O)CCCCCCCCC/C=C\CCCCCCCCC. The van der Waals surface area contributed by atoms with Crippen molar-refractivity contribution in [3.05, 3.63) is 72.9 Å². The fourth-order valence-electron chi connectivity index (χ4n) is 9.48. The Hall–Kier alpha value is -3.15. The van der Waals surface area contributed by atoms with Crippen molar-refractivity contribution >= 4 is 17.9 Å². The summed E-state index contributed by atoms with van der Waals surface area (Å²) in [6, 6.07) is 0. The van der Waals surface area contributed by atoms with Crippen molar-refractivity contribution in [3.8, 4) is 0 Å². The summed E-state index contributed by atoms with van der Waals surface area (Å²) in [7, 11) is 0. The Morgan fingerprint density at radius 1 is 0.276 bits per heavy atom. The maximum absolute atomic E-state index is 12.9. The van der Waals surface area contributed by atoms with E-state index in [1.54, 1.807) is 0 Å². The molecule has 0 radical (unpaired) electrons. The third-order valence-corrected chi connectivity index (χ3v) is 14.4. The number of carbonyl (C=O) groups excluding carboxylic acids is 3. The Kier molecular flexibility index (Phi) is 61.7. The molecule has 0 amide bonds. The predicted octanol–water partition coefficient (Wildman–Crippen LogP) is 22.5. The van der Waals surface area contributed by atoms with Crippen molar-refractivity contribution in [1.82, 2.24) is 0 Å². The van der Waals surface area contributed by atoms with Gasteiger partial charge in [0, 0.05) is 19.3 Å². The monoisotopic (exact) mass is 1060 g/mol. The lowest BCUT2D eigenvalue weighted by Crippen LogP contribution is -2.30. The molecule has 0 N–H and O–H groups in total. The average molecular weight is 1060 g/mol. The summed E-state index contributed by atoms with van der Waals surface area (Å²) < 4.78 is 17.0. The van der Waals surface area contributed by atoms with Crippen LogP contribution in [0.2, 0.25) is 0 Å². The molecule has 0 aromatic carbocycles.